The number of carbonyl (C=O) groups excluding carboxylic acids is 1. The quantitative estimate of drug-likeness (QED) is 0.724. The number of hydrogen-bond donors (Lipinski definition) is 2. The predicted octanol–water partition coefficient (Wildman–Crippen LogP) is 0.141. The fourth-order valence-corrected chi connectivity index (χ4v) is 2.08. The summed E-state index contributed by atoms with van der Waals surface area (Å²) in [4.78, 5) is 11.8. The molecule has 1 fully saturated rings. The molecule has 0 spiro atoms. The van der Waals surface area contributed by atoms with Gasteiger partial charge in [-0.2, -0.15) is 0 Å². The highest BCUT2D eigenvalue weighted by atomic mass is 32.2. The predicted molar refractivity (Wildman–Crippen MR) is 61.9 cm³/mol. The SMILES string of the molecule is CC(CNC(=O)C1(N)CCCC1)S(C)=O. The third-order valence-electron chi connectivity index (χ3n) is 3.06. The van der Waals surface area contributed by atoms with Crippen LogP contribution in [0.2, 0.25) is 0 Å². The summed E-state index contributed by atoms with van der Waals surface area (Å²) in [5, 5.41) is 2.77. The van der Waals surface area contributed by atoms with Crippen LogP contribution < -0.4 is 11.1 Å². The van der Waals surface area contributed by atoms with Gasteiger partial charge < -0.3 is 11.1 Å². The lowest BCUT2D eigenvalue weighted by Crippen LogP contribution is -2.53. The molecule has 0 aromatic heterocycles. The Morgan fingerprint density at radius 1 is 1.53 bits per heavy atom. The summed E-state index contributed by atoms with van der Waals surface area (Å²) < 4.78 is 11.1. The monoisotopic (exact) mass is 232 g/mol. The van der Waals surface area contributed by atoms with Crippen molar-refractivity contribution in [2.75, 3.05) is 12.8 Å². The number of rotatable bonds is 4. The van der Waals surface area contributed by atoms with Crippen molar-refractivity contribution in [1.82, 2.24) is 5.32 Å². The van der Waals surface area contributed by atoms with Crippen molar-refractivity contribution in [3.8, 4) is 0 Å². The average Bonchev–Trinajstić information content (AvgIpc) is 2.62. The van der Waals surface area contributed by atoms with Crippen LogP contribution in [0, 0.1) is 0 Å². The van der Waals surface area contributed by atoms with Crippen molar-refractivity contribution in [2.24, 2.45) is 5.73 Å². The summed E-state index contributed by atoms with van der Waals surface area (Å²) in [6, 6.07) is 0. The molecule has 0 aromatic carbocycles. The molecule has 0 bridgehead atoms. The molecule has 1 saturated carbocycles. The summed E-state index contributed by atoms with van der Waals surface area (Å²) in [6.45, 7) is 2.30. The van der Waals surface area contributed by atoms with E-state index in [9.17, 15) is 9.00 Å². The zero-order chi connectivity index (χ0) is 11.5. The summed E-state index contributed by atoms with van der Waals surface area (Å²) in [6.07, 6.45) is 5.23. The standard InChI is InChI=1S/C10H20N2O2S/c1-8(15(2)14)7-12-9(13)10(11)5-3-4-6-10/h8H,3-7,11H2,1-2H3,(H,12,13). The van der Waals surface area contributed by atoms with Gasteiger partial charge in [-0.3, -0.25) is 9.00 Å². The molecule has 1 amide bonds. The van der Waals surface area contributed by atoms with Gasteiger partial charge >= 0.3 is 0 Å². The molecule has 5 heteroatoms. The lowest BCUT2D eigenvalue weighted by Gasteiger charge is -2.23. The molecule has 4 nitrogen and oxygen atoms in total. The highest BCUT2D eigenvalue weighted by molar-refractivity contribution is 7.84. The molecule has 0 aliphatic heterocycles. The first-order valence-corrected chi connectivity index (χ1v) is 6.97. The van der Waals surface area contributed by atoms with Crippen molar-refractivity contribution >= 4 is 16.7 Å². The minimum Gasteiger partial charge on any atom is -0.353 e. The molecule has 0 heterocycles. The van der Waals surface area contributed by atoms with E-state index in [1.165, 1.54) is 0 Å². The van der Waals surface area contributed by atoms with Gasteiger partial charge in [0.25, 0.3) is 0 Å². The average molecular weight is 232 g/mol. The molecule has 2 unspecified atom stereocenters. The molecular formula is C10H20N2O2S. The Kier molecular flexibility index (Phi) is 4.28. The maximum atomic E-state index is 11.8. The third kappa shape index (κ3) is 3.28. The fourth-order valence-electron chi connectivity index (χ4n) is 1.76. The van der Waals surface area contributed by atoms with Gasteiger partial charge in [0.2, 0.25) is 5.91 Å². The van der Waals surface area contributed by atoms with Gasteiger partial charge in [0.15, 0.2) is 0 Å². The van der Waals surface area contributed by atoms with Crippen molar-refractivity contribution in [3.05, 3.63) is 0 Å². The van der Waals surface area contributed by atoms with Crippen LogP contribution in [0.5, 0.6) is 0 Å². The molecule has 3 N–H and O–H groups in total. The molecule has 15 heavy (non-hydrogen) atoms. The summed E-state index contributed by atoms with van der Waals surface area (Å²) in [7, 11) is -0.897. The Morgan fingerprint density at radius 2 is 2.07 bits per heavy atom. The minimum absolute atomic E-state index is 0.0149. The Hall–Kier alpha value is -0.420. The van der Waals surface area contributed by atoms with E-state index < -0.39 is 16.3 Å². The van der Waals surface area contributed by atoms with Crippen LogP contribution in [0.15, 0.2) is 0 Å². The Bertz CT molecular complexity index is 262. The zero-order valence-electron chi connectivity index (χ0n) is 9.41. The van der Waals surface area contributed by atoms with Gasteiger partial charge in [0, 0.05) is 28.9 Å². The van der Waals surface area contributed by atoms with Crippen LogP contribution in [0.4, 0.5) is 0 Å². The van der Waals surface area contributed by atoms with E-state index in [0.717, 1.165) is 25.7 Å². The topological polar surface area (TPSA) is 72.2 Å². The molecule has 1 rings (SSSR count). The summed E-state index contributed by atoms with van der Waals surface area (Å²) >= 11 is 0. The normalized spacial score (nSPS) is 23.4. The van der Waals surface area contributed by atoms with Gasteiger partial charge in [-0.25, -0.2) is 0 Å². The number of nitrogens with one attached hydrogen (secondary N) is 1. The first-order valence-electron chi connectivity index (χ1n) is 5.35. The fraction of sp³-hybridized carbons (Fsp3) is 0.900. The van der Waals surface area contributed by atoms with E-state index in [1.54, 1.807) is 6.26 Å². The molecule has 0 aromatic rings. The maximum Gasteiger partial charge on any atom is 0.240 e. The van der Waals surface area contributed by atoms with E-state index in [1.807, 2.05) is 6.92 Å². The van der Waals surface area contributed by atoms with Gasteiger partial charge in [-0.15, -0.1) is 0 Å². The van der Waals surface area contributed by atoms with Gasteiger partial charge in [-0.1, -0.05) is 12.8 Å². The maximum absolute atomic E-state index is 11.8. The highest BCUT2D eigenvalue weighted by Gasteiger charge is 2.36. The zero-order valence-corrected chi connectivity index (χ0v) is 10.2. The molecule has 88 valence electrons. The van der Waals surface area contributed by atoms with Crippen molar-refractivity contribution in [1.29, 1.82) is 0 Å². The van der Waals surface area contributed by atoms with Crippen LogP contribution in [0.3, 0.4) is 0 Å². The summed E-state index contributed by atoms with van der Waals surface area (Å²) in [5.41, 5.74) is 5.31. The van der Waals surface area contributed by atoms with Gasteiger partial charge in [-0.05, 0) is 19.8 Å². The minimum atomic E-state index is -0.897. The molecule has 0 saturated heterocycles. The Labute approximate surface area is 93.4 Å². The van der Waals surface area contributed by atoms with Crippen molar-refractivity contribution in [2.45, 2.75) is 43.4 Å². The molecule has 0 radical (unpaired) electrons. The second-order valence-electron chi connectivity index (χ2n) is 4.38. The van der Waals surface area contributed by atoms with E-state index in [2.05, 4.69) is 5.32 Å². The summed E-state index contributed by atoms with van der Waals surface area (Å²) in [5.74, 6) is -0.0858. The lowest BCUT2D eigenvalue weighted by molar-refractivity contribution is -0.126. The van der Waals surface area contributed by atoms with E-state index >= 15 is 0 Å². The Balaban J connectivity index is 2.39. The first kappa shape index (κ1) is 12.6. The van der Waals surface area contributed by atoms with Gasteiger partial charge in [0.05, 0.1) is 5.54 Å². The third-order valence-corrected chi connectivity index (χ3v) is 4.36. The van der Waals surface area contributed by atoms with Crippen LogP contribution >= 0.6 is 0 Å². The van der Waals surface area contributed by atoms with Crippen LogP contribution in [0.1, 0.15) is 32.6 Å². The van der Waals surface area contributed by atoms with Crippen LogP contribution in [-0.4, -0.2) is 33.7 Å². The molecular weight excluding hydrogens is 212 g/mol. The second-order valence-corrected chi connectivity index (χ2v) is 6.18. The molecule has 2 atom stereocenters. The smallest absolute Gasteiger partial charge is 0.240 e. The van der Waals surface area contributed by atoms with E-state index in [4.69, 9.17) is 5.73 Å². The van der Waals surface area contributed by atoms with E-state index in [-0.39, 0.29) is 11.2 Å². The number of amides is 1. The number of hydrogen-bond acceptors (Lipinski definition) is 3. The number of nitrogens with two attached hydrogens (primary N) is 1. The first-order chi connectivity index (χ1) is 6.96. The van der Waals surface area contributed by atoms with E-state index in [0.29, 0.717) is 6.54 Å². The highest BCUT2D eigenvalue weighted by Crippen LogP contribution is 2.27. The van der Waals surface area contributed by atoms with Crippen LogP contribution in [-0.2, 0) is 15.6 Å². The van der Waals surface area contributed by atoms with Gasteiger partial charge in [0.1, 0.15) is 0 Å². The lowest BCUT2D eigenvalue weighted by atomic mass is 9.98. The van der Waals surface area contributed by atoms with Crippen molar-refractivity contribution < 1.29 is 9.00 Å². The molecule has 1 aliphatic carbocycles. The number of carbonyl (C=O) groups is 1. The second kappa shape index (κ2) is 5.07. The van der Waals surface area contributed by atoms with Crippen molar-refractivity contribution in [3.63, 3.8) is 0 Å². The Morgan fingerprint density at radius 3 is 2.53 bits per heavy atom. The van der Waals surface area contributed by atoms with Crippen LogP contribution in [0.25, 0.3) is 0 Å². The molecule has 1 aliphatic rings. The largest absolute Gasteiger partial charge is 0.353 e.